The number of aromatic hydroxyl groups is 1. The van der Waals surface area contributed by atoms with Crippen molar-refractivity contribution in [1.82, 2.24) is 0 Å². The lowest BCUT2D eigenvalue weighted by Crippen LogP contribution is -3.00. The largest absolute Gasteiger partial charge is 1.00 e. The first kappa shape index (κ1) is 74.8. The molecule has 0 bridgehead atoms. The first-order chi connectivity index (χ1) is 36.5. The molecule has 18 heteroatoms. The van der Waals surface area contributed by atoms with E-state index in [4.69, 9.17) is 48.7 Å². The molecule has 7 aromatic carbocycles. The minimum atomic E-state index is -1.34. The molecule has 0 aliphatic carbocycles. The Morgan fingerprint density at radius 3 is 0.936 bits per heavy atom. The topological polar surface area (TPSA) is 47.9 Å². The molecule has 0 spiro atoms. The molecule has 0 aromatic heterocycles. The fourth-order valence-corrected chi connectivity index (χ4v) is 10.5. The standard InChI is InChI=1S/C26H31O2P.C16H18ClOP.C10H14O.C6H5Cl2P.2CH6P2.BH4P2.ClH/c1-25(2,3)21-16-10-12-18-23(21)27-29(20-14-8-7-9-15-20)28-24-19-13-11-17-22(24)26(4,5)6;1-16(2,3)14-11-7-8-12-15(14)18-19(17)13-9-5-4-6-10-13;1-10(2,3)8-6-4-5-7-9(8)11;7-9(8)6-4-2-1-3-5-6;3*2-1-3;/h7-19H,1-6H3;4-12H,1-3H3;4-7,11H,1-3H3;1-5H;2*1-3H2;2-3H2;1H/p-1/i;;;;1D;;;. The van der Waals surface area contributed by atoms with Crippen molar-refractivity contribution in [3.63, 3.8) is 0 Å². The van der Waals surface area contributed by atoms with Gasteiger partial charge < -0.3 is 31.1 Å². The quantitative estimate of drug-likeness (QED) is 0.116. The average molecular weight is 1300 g/mol. The zero-order valence-corrected chi connectivity index (χ0v) is 59.9. The van der Waals surface area contributed by atoms with E-state index in [0.29, 0.717) is 5.75 Å². The number of phenols is 1. The van der Waals surface area contributed by atoms with Gasteiger partial charge in [-0.25, -0.2) is 0 Å². The Morgan fingerprint density at radius 1 is 0.423 bits per heavy atom. The third kappa shape index (κ3) is 30.9. The summed E-state index contributed by atoms with van der Waals surface area (Å²) >= 11 is 17.7. The molecule has 425 valence electrons. The molecule has 4 nitrogen and oxygen atoms in total. The maximum Gasteiger partial charge on any atom is 0.326 e. The molecule has 7 rings (SSSR count). The zero-order valence-electron chi connectivity index (χ0n) is 48.2. The van der Waals surface area contributed by atoms with E-state index in [1.807, 2.05) is 146 Å². The molecule has 0 aliphatic heterocycles. The predicted molar refractivity (Wildman–Crippen MR) is 374 cm³/mol. The van der Waals surface area contributed by atoms with Gasteiger partial charge in [0.15, 0.2) is 6.72 Å². The fraction of sp³-hybridized carbons (Fsp3) is 0.300. The van der Waals surface area contributed by atoms with Gasteiger partial charge in [0.2, 0.25) is 7.50 Å². The second-order valence-corrected chi connectivity index (χ2v) is 32.6. The summed E-state index contributed by atoms with van der Waals surface area (Å²) in [4.78, 5) is 0. The van der Waals surface area contributed by atoms with Crippen LogP contribution in [0.5, 0.6) is 23.0 Å². The third-order valence-electron chi connectivity index (χ3n) is 10.2. The summed E-state index contributed by atoms with van der Waals surface area (Å²) in [5.74, 6) is 4.02. The molecular formula is C60H84BCl4O4P9-. The molecule has 0 heterocycles. The van der Waals surface area contributed by atoms with Gasteiger partial charge in [-0.3, -0.25) is 0 Å². The molecule has 78 heavy (non-hydrogen) atoms. The fourth-order valence-electron chi connectivity index (χ4n) is 6.68. The maximum absolute atomic E-state index is 9.45. The van der Waals surface area contributed by atoms with Crippen molar-refractivity contribution < 1.29 is 32.5 Å². The number of phenolic OH excluding ortho intramolecular Hbond substituents is 1. The van der Waals surface area contributed by atoms with Gasteiger partial charge in [0.25, 0.3) is 0 Å². The minimum Gasteiger partial charge on any atom is -1.00 e. The Balaban J connectivity index is 0.00000104. The molecule has 0 saturated carbocycles. The van der Waals surface area contributed by atoms with Crippen molar-refractivity contribution in [1.29, 1.82) is 0 Å². The zero-order chi connectivity index (χ0) is 59.1. The monoisotopic (exact) mass is 1300 g/mol. The van der Waals surface area contributed by atoms with Crippen LogP contribution in [-0.4, -0.2) is 23.6 Å². The van der Waals surface area contributed by atoms with Crippen LogP contribution in [0.4, 0.5) is 0 Å². The van der Waals surface area contributed by atoms with Gasteiger partial charge in [0.05, 0.1) is 5.30 Å². The summed E-state index contributed by atoms with van der Waals surface area (Å²) in [6.07, 6.45) is 0. The average Bonchev–Trinajstić information content (AvgIpc) is 3.37. The Hall–Kier alpha value is -1.17. The molecule has 0 aliphatic rings. The number of para-hydroxylation sites is 4. The molecule has 7 unspecified atom stereocenters. The number of halogens is 4. The van der Waals surface area contributed by atoms with E-state index in [0.717, 1.165) is 44.6 Å². The third-order valence-corrected chi connectivity index (χ3v) is 15.4. The van der Waals surface area contributed by atoms with Crippen LogP contribution in [-0.2, 0) is 21.7 Å². The van der Waals surface area contributed by atoms with E-state index in [9.17, 15) is 5.11 Å². The van der Waals surface area contributed by atoms with Crippen LogP contribution in [0, 0.1) is 0 Å². The number of benzene rings is 7. The Labute approximate surface area is 512 Å². The van der Waals surface area contributed by atoms with E-state index < -0.39 is 22.5 Å². The number of hydrogen-bond acceptors (Lipinski definition) is 4. The second-order valence-electron chi connectivity index (χ2n) is 20.6. The lowest BCUT2D eigenvalue weighted by atomic mass is 9.86. The van der Waals surface area contributed by atoms with Crippen molar-refractivity contribution in [2.24, 2.45) is 0 Å². The summed E-state index contributed by atoms with van der Waals surface area (Å²) < 4.78 is 25.6. The molecule has 0 saturated heterocycles. The van der Waals surface area contributed by atoms with Gasteiger partial charge >= 0.3 is 8.38 Å². The van der Waals surface area contributed by atoms with Gasteiger partial charge in [-0.15, -0.1) is 37.0 Å². The highest BCUT2D eigenvalue weighted by Crippen LogP contribution is 2.47. The summed E-state index contributed by atoms with van der Waals surface area (Å²) in [7, 11) is 12.0. The Morgan fingerprint density at radius 2 is 0.667 bits per heavy atom. The van der Waals surface area contributed by atoms with Crippen LogP contribution < -0.4 is 41.9 Å². The highest BCUT2D eigenvalue weighted by molar-refractivity contribution is 8.08. The van der Waals surface area contributed by atoms with Crippen LogP contribution >= 0.6 is 111 Å². The van der Waals surface area contributed by atoms with Crippen LogP contribution in [0.3, 0.4) is 0 Å². The summed E-state index contributed by atoms with van der Waals surface area (Å²) in [5.41, 5.74) is 4.58. The molecule has 0 fully saturated rings. The smallest absolute Gasteiger partial charge is 0.326 e. The van der Waals surface area contributed by atoms with Crippen LogP contribution in [0.2, 0.25) is 0 Å². The summed E-state index contributed by atoms with van der Waals surface area (Å²) in [5, 5.41) is 12.5. The highest BCUT2D eigenvalue weighted by atomic mass is 35.9. The highest BCUT2D eigenvalue weighted by Gasteiger charge is 2.27. The van der Waals surface area contributed by atoms with Crippen molar-refractivity contribution in [2.75, 3.05) is 11.8 Å². The van der Waals surface area contributed by atoms with E-state index >= 15 is 0 Å². The second kappa shape index (κ2) is 41.0. The predicted octanol–water partition coefficient (Wildman–Crippen LogP) is 17.1. The van der Waals surface area contributed by atoms with Gasteiger partial charge in [0.1, 0.15) is 29.6 Å². The van der Waals surface area contributed by atoms with E-state index in [1.165, 1.54) is 16.7 Å². The van der Waals surface area contributed by atoms with Crippen molar-refractivity contribution in [2.45, 2.75) is 105 Å². The first-order valence-electron chi connectivity index (χ1n) is 25.3. The van der Waals surface area contributed by atoms with E-state index in [1.54, 1.807) is 6.07 Å². The first-order valence-corrected chi connectivity index (χ1v) is 35.5. The molecular weight excluding hydrogens is 1220 g/mol. The van der Waals surface area contributed by atoms with E-state index in [2.05, 4.69) is 181 Å². The van der Waals surface area contributed by atoms with Gasteiger partial charge in [-0.1, -0.05) is 257 Å². The Bertz CT molecular complexity index is 2620. The Kier molecular flexibility index (Phi) is 39.3. The van der Waals surface area contributed by atoms with Crippen molar-refractivity contribution >= 4 is 134 Å². The molecule has 1 N–H and O–H groups in total. The molecule has 1 radical (unpaired) electrons. The summed E-state index contributed by atoms with van der Waals surface area (Å²) in [6, 6.07) is 61.9. The summed E-state index contributed by atoms with van der Waals surface area (Å²) in [6.45, 7) is 26.9. The van der Waals surface area contributed by atoms with Crippen LogP contribution in [0.15, 0.2) is 188 Å². The SMILES string of the molecule is CC(C)(C)c1ccccc1O.CC(C)(C)c1ccccc1OP(Cl)c1ccccc1.CC(C)(C)c1ccccc1OP(Oc1ccccc1C(C)(C)C)c1ccccc1.ClP(Cl)c1ccccc1.PCP.P[B]P.[2H]C(P)P.[Cl-]. The maximum atomic E-state index is 9.45. The molecule has 7 aromatic rings. The minimum absolute atomic E-state index is 0. The number of hydrogen-bond donors (Lipinski definition) is 1. The van der Waals surface area contributed by atoms with Crippen molar-refractivity contribution in [3.8, 4) is 23.0 Å². The number of rotatable bonds is 9. The van der Waals surface area contributed by atoms with Gasteiger partial charge in [0, 0.05) is 12.0 Å². The van der Waals surface area contributed by atoms with Gasteiger partial charge in [-0.2, -0.15) is 18.2 Å². The van der Waals surface area contributed by atoms with Gasteiger partial charge in [-0.05, 0) is 103 Å². The lowest BCUT2D eigenvalue weighted by Gasteiger charge is -2.28. The normalized spacial score (nSPS) is 11.4. The van der Waals surface area contributed by atoms with E-state index in [-0.39, 0.29) is 39.9 Å². The lowest BCUT2D eigenvalue weighted by molar-refractivity contribution is -0.0000193. The van der Waals surface area contributed by atoms with Crippen molar-refractivity contribution in [3.05, 3.63) is 210 Å². The molecule has 7 atom stereocenters. The van der Waals surface area contributed by atoms with Crippen LogP contribution in [0.25, 0.3) is 0 Å². The van der Waals surface area contributed by atoms with Crippen LogP contribution in [0.1, 0.15) is 107 Å². The molecule has 0 amide bonds.